The number of aromatic hydroxyl groups is 1. The number of benzene rings is 1. The van der Waals surface area contributed by atoms with Gasteiger partial charge in [0, 0.05) is 54.4 Å². The molecule has 1 fully saturated rings. The zero-order valence-electron chi connectivity index (χ0n) is 18.8. The maximum Gasteiger partial charge on any atom is 0.511 e. The Bertz CT molecular complexity index is 1310. The van der Waals surface area contributed by atoms with E-state index in [-0.39, 0.29) is 18.5 Å². The third-order valence-electron chi connectivity index (χ3n) is 6.89. The molecule has 0 spiro atoms. The number of hydrogen-bond acceptors (Lipinski definition) is 6. The lowest BCUT2D eigenvalue weighted by atomic mass is 9.99. The lowest BCUT2D eigenvalue weighted by Gasteiger charge is -2.29. The van der Waals surface area contributed by atoms with Crippen LogP contribution in [-0.2, 0) is 26.4 Å². The van der Waals surface area contributed by atoms with Crippen molar-refractivity contribution in [3.05, 3.63) is 45.4 Å². The van der Waals surface area contributed by atoms with E-state index in [9.17, 15) is 19.8 Å². The van der Waals surface area contributed by atoms with E-state index in [0.29, 0.717) is 17.7 Å². The average Bonchev–Trinajstić information content (AvgIpc) is 2.96. The van der Waals surface area contributed by atoms with E-state index in [4.69, 9.17) is 5.11 Å². The summed E-state index contributed by atoms with van der Waals surface area (Å²) in [7, 11) is 2.05. The van der Waals surface area contributed by atoms with Gasteiger partial charge in [0.1, 0.15) is 0 Å². The van der Waals surface area contributed by atoms with Crippen LogP contribution in [-0.4, -0.2) is 55.1 Å². The fraction of sp³-hybridized carbons (Fsp3) is 0.417. The molecule has 3 aromatic rings. The maximum atomic E-state index is 12.5. The van der Waals surface area contributed by atoms with Gasteiger partial charge in [0.15, 0.2) is 5.75 Å². The number of aryl methyl sites for hydroxylation is 2. The van der Waals surface area contributed by atoms with Crippen molar-refractivity contribution in [2.24, 2.45) is 7.05 Å². The van der Waals surface area contributed by atoms with Crippen LogP contribution in [0.3, 0.4) is 0 Å². The van der Waals surface area contributed by atoms with Crippen LogP contribution in [0.2, 0.25) is 0 Å². The molecule has 0 atom stereocenters. The Morgan fingerprint density at radius 3 is 2.65 bits per heavy atom. The first-order chi connectivity index (χ1) is 15.8. The Balaban J connectivity index is 0.00000274. The third kappa shape index (κ3) is 4.26. The predicted molar refractivity (Wildman–Crippen MR) is 129 cm³/mol. The monoisotopic (exact) mass is 489 g/mol. The first-order valence-electron chi connectivity index (χ1n) is 11.2. The van der Waals surface area contributed by atoms with Crippen LogP contribution in [0.25, 0.3) is 22.2 Å². The van der Waals surface area contributed by atoms with Crippen molar-refractivity contribution >= 4 is 29.5 Å². The molecule has 1 aliphatic carbocycles. The van der Waals surface area contributed by atoms with Gasteiger partial charge in [0.05, 0.1) is 11.8 Å². The number of nitrogens with one attached hydrogen (secondary N) is 1. The molecule has 182 valence electrons. The molecule has 0 unspecified atom stereocenters. The number of ether oxygens (including phenoxy) is 1. The summed E-state index contributed by atoms with van der Waals surface area (Å²) in [5.74, 6) is -0.996. The number of aromatic nitrogens is 2. The number of piperidine rings is 1. The third-order valence-corrected chi connectivity index (χ3v) is 6.89. The van der Waals surface area contributed by atoms with Gasteiger partial charge in [-0.1, -0.05) is 0 Å². The number of H-pyrrole nitrogens is 1. The van der Waals surface area contributed by atoms with Gasteiger partial charge >= 0.3 is 6.16 Å². The topological polar surface area (TPSA) is 128 Å². The molecule has 4 N–H and O–H groups in total. The minimum Gasteiger partial charge on any atom is -0.504 e. The fourth-order valence-corrected chi connectivity index (χ4v) is 5.10. The Hall–Kier alpha value is -3.01. The van der Waals surface area contributed by atoms with E-state index in [1.807, 2.05) is 6.07 Å². The standard InChI is InChI=1S/C24H27N3O6.ClH/c1-26-15(12-27-7-5-16(28)6-8-27)9-14-10-18-13(11-19(14)26)3-2-4-17-20(18)25-23(30)22(21(17)29)33-24(31)32;/h9-11,16,28H,2-8,12H2,1H3,(H,31,32)(H2,25,29,30);1H. The Morgan fingerprint density at radius 2 is 1.94 bits per heavy atom. The minimum atomic E-state index is -1.65. The summed E-state index contributed by atoms with van der Waals surface area (Å²) in [6.07, 6.45) is 1.73. The van der Waals surface area contributed by atoms with Gasteiger partial charge in [-0.05, 0) is 55.9 Å². The van der Waals surface area contributed by atoms with Crippen molar-refractivity contribution in [2.45, 2.75) is 44.8 Å². The number of hydrogen-bond donors (Lipinski definition) is 4. The number of likely N-dealkylation sites (tertiary alicyclic amines) is 1. The van der Waals surface area contributed by atoms with Gasteiger partial charge < -0.3 is 29.6 Å². The highest BCUT2D eigenvalue weighted by molar-refractivity contribution is 5.89. The molecule has 34 heavy (non-hydrogen) atoms. The summed E-state index contributed by atoms with van der Waals surface area (Å²) < 4.78 is 6.73. The first kappa shape index (κ1) is 24.1. The molecule has 5 rings (SSSR count). The highest BCUT2D eigenvalue weighted by Gasteiger charge is 2.26. The van der Waals surface area contributed by atoms with Crippen LogP contribution in [0.5, 0.6) is 11.5 Å². The minimum absolute atomic E-state index is 0. The fourth-order valence-electron chi connectivity index (χ4n) is 5.10. The van der Waals surface area contributed by atoms with Gasteiger partial charge in [-0.25, -0.2) is 4.79 Å². The molecule has 0 bridgehead atoms. The number of fused-ring (bicyclic) bond motifs is 4. The molecule has 3 heterocycles. The van der Waals surface area contributed by atoms with E-state index in [0.717, 1.165) is 67.3 Å². The summed E-state index contributed by atoms with van der Waals surface area (Å²) in [5.41, 5.74) is 4.40. The van der Waals surface area contributed by atoms with E-state index >= 15 is 0 Å². The van der Waals surface area contributed by atoms with Crippen molar-refractivity contribution in [1.82, 2.24) is 14.5 Å². The molecule has 1 aliphatic heterocycles. The smallest absolute Gasteiger partial charge is 0.504 e. The molecule has 0 saturated carbocycles. The van der Waals surface area contributed by atoms with Crippen molar-refractivity contribution in [3.63, 3.8) is 0 Å². The Morgan fingerprint density at radius 1 is 1.21 bits per heavy atom. The second kappa shape index (κ2) is 9.32. The summed E-state index contributed by atoms with van der Waals surface area (Å²) in [5, 5.41) is 30.4. The van der Waals surface area contributed by atoms with Crippen LogP contribution >= 0.6 is 12.4 Å². The summed E-state index contributed by atoms with van der Waals surface area (Å²) >= 11 is 0. The van der Waals surface area contributed by atoms with Gasteiger partial charge in [0.25, 0.3) is 5.56 Å². The number of rotatable bonds is 3. The molecular weight excluding hydrogens is 462 g/mol. The number of nitrogens with zero attached hydrogens (tertiary/aromatic N) is 2. The molecule has 10 heteroatoms. The Kier molecular flexibility index (Phi) is 6.62. The number of halogens is 1. The highest BCUT2D eigenvalue weighted by Crippen LogP contribution is 2.40. The second-order valence-corrected chi connectivity index (χ2v) is 8.98. The van der Waals surface area contributed by atoms with Crippen molar-refractivity contribution in [1.29, 1.82) is 0 Å². The van der Waals surface area contributed by atoms with Crippen molar-refractivity contribution < 1.29 is 24.9 Å². The van der Waals surface area contributed by atoms with E-state index in [1.165, 1.54) is 5.69 Å². The highest BCUT2D eigenvalue weighted by atomic mass is 35.5. The number of pyridine rings is 1. The van der Waals surface area contributed by atoms with Gasteiger partial charge in [0.2, 0.25) is 5.75 Å². The molecule has 0 amide bonds. The van der Waals surface area contributed by atoms with E-state index in [2.05, 4.69) is 38.4 Å². The SMILES string of the molecule is Cl.Cn1c(CN2CCC(O)CC2)cc2cc3c(cc21)CCCc1c-3[nH]c(=O)c(OC(=O)O)c1O. The molecular formula is C24H28ClN3O6. The van der Waals surface area contributed by atoms with E-state index in [1.54, 1.807) is 0 Å². The molecule has 9 nitrogen and oxygen atoms in total. The van der Waals surface area contributed by atoms with Gasteiger partial charge in [-0.15, -0.1) is 12.4 Å². The summed E-state index contributed by atoms with van der Waals surface area (Å²) in [4.78, 5) is 28.5. The molecule has 2 aliphatic rings. The van der Waals surface area contributed by atoms with Crippen molar-refractivity contribution in [3.8, 4) is 22.8 Å². The zero-order chi connectivity index (χ0) is 23.3. The van der Waals surface area contributed by atoms with Crippen LogP contribution in [0.4, 0.5) is 4.79 Å². The van der Waals surface area contributed by atoms with Gasteiger partial charge in [-0.2, -0.15) is 0 Å². The lowest BCUT2D eigenvalue weighted by Crippen LogP contribution is -2.35. The number of aliphatic hydroxyl groups is 1. The zero-order valence-corrected chi connectivity index (χ0v) is 19.7. The van der Waals surface area contributed by atoms with E-state index < -0.39 is 23.2 Å². The molecule has 1 aromatic carbocycles. The molecule has 2 aromatic heterocycles. The van der Waals surface area contributed by atoms with Crippen LogP contribution in [0, 0.1) is 0 Å². The number of carbonyl (C=O) groups is 1. The van der Waals surface area contributed by atoms with Crippen molar-refractivity contribution in [2.75, 3.05) is 13.1 Å². The second-order valence-electron chi connectivity index (χ2n) is 8.98. The quantitative estimate of drug-likeness (QED) is 0.416. The first-order valence-corrected chi connectivity index (χ1v) is 11.2. The normalized spacial score (nSPS) is 16.4. The largest absolute Gasteiger partial charge is 0.511 e. The summed E-state index contributed by atoms with van der Waals surface area (Å²) in [6.45, 7) is 2.54. The number of carboxylic acid groups (broad SMARTS) is 1. The van der Waals surface area contributed by atoms with Gasteiger partial charge in [-0.3, -0.25) is 9.69 Å². The maximum absolute atomic E-state index is 12.5. The number of aliphatic hydroxyl groups excluding tert-OH is 1. The predicted octanol–water partition coefficient (Wildman–Crippen LogP) is 3.16. The molecule has 0 radical (unpaired) electrons. The average molecular weight is 490 g/mol. The lowest BCUT2D eigenvalue weighted by molar-refractivity contribution is 0.0783. The Labute approximate surface area is 202 Å². The summed E-state index contributed by atoms with van der Waals surface area (Å²) in [6, 6.07) is 6.32. The van der Waals surface area contributed by atoms with Crippen LogP contribution < -0.4 is 10.3 Å². The molecule has 1 saturated heterocycles. The van der Waals surface area contributed by atoms with Crippen LogP contribution in [0.15, 0.2) is 23.0 Å². The van der Waals surface area contributed by atoms with Crippen LogP contribution in [0.1, 0.15) is 36.1 Å². The number of aromatic amines is 1.